The normalized spacial score (nSPS) is 16.1. The molecule has 0 spiro atoms. The summed E-state index contributed by atoms with van der Waals surface area (Å²) in [7, 11) is 0. The van der Waals surface area contributed by atoms with E-state index in [0.717, 1.165) is 11.3 Å². The van der Waals surface area contributed by atoms with Crippen molar-refractivity contribution in [1.82, 2.24) is 4.57 Å². The minimum absolute atomic E-state index is 0.0607. The lowest BCUT2D eigenvalue weighted by molar-refractivity contribution is -0.138. The molecule has 3 heterocycles. The molecule has 0 saturated carbocycles. The Balaban J connectivity index is 1.93. The summed E-state index contributed by atoms with van der Waals surface area (Å²) >= 11 is 7.30. The predicted octanol–water partition coefficient (Wildman–Crippen LogP) is 3.52. The number of esters is 1. The topological polar surface area (TPSA) is 73.8 Å². The molecule has 0 amide bonds. The van der Waals surface area contributed by atoms with Crippen LogP contribution in [-0.2, 0) is 9.53 Å². The summed E-state index contributed by atoms with van der Waals surface area (Å²) in [6.45, 7) is 7.22. The molecule has 0 N–H and O–H groups in total. The van der Waals surface area contributed by atoms with Crippen molar-refractivity contribution in [1.29, 1.82) is 0 Å². The fraction of sp³-hybridized carbons (Fsp3) is 0.174. The highest BCUT2D eigenvalue weighted by Gasteiger charge is 2.33. The molecule has 3 aromatic rings. The van der Waals surface area contributed by atoms with E-state index in [0.29, 0.717) is 31.4 Å². The number of allylic oxidation sites excluding steroid dienone is 1. The number of aryl methyl sites for hydroxylation is 1. The van der Waals surface area contributed by atoms with E-state index < -0.39 is 12.0 Å². The fourth-order valence-corrected chi connectivity index (χ4v) is 4.57. The molecule has 6 nitrogen and oxygen atoms in total. The van der Waals surface area contributed by atoms with Crippen LogP contribution in [0.1, 0.15) is 30.0 Å². The highest BCUT2D eigenvalue weighted by atomic mass is 35.5. The molecule has 0 bridgehead atoms. The Bertz CT molecular complexity index is 1380. The lowest BCUT2D eigenvalue weighted by atomic mass is 9.96. The Morgan fingerprint density at radius 1 is 1.29 bits per heavy atom. The molecule has 1 aliphatic rings. The number of nitrogens with zero attached hydrogens (tertiary/aromatic N) is 2. The Labute approximate surface area is 187 Å². The van der Waals surface area contributed by atoms with E-state index in [-0.39, 0.29) is 12.2 Å². The number of halogens is 1. The minimum atomic E-state index is -0.689. The zero-order chi connectivity index (χ0) is 22.1. The summed E-state index contributed by atoms with van der Waals surface area (Å²) in [4.78, 5) is 31.3. The average molecular weight is 455 g/mol. The number of thiazole rings is 1. The van der Waals surface area contributed by atoms with Gasteiger partial charge < -0.3 is 9.15 Å². The van der Waals surface area contributed by atoms with Crippen molar-refractivity contribution in [2.24, 2.45) is 4.99 Å². The van der Waals surface area contributed by atoms with Gasteiger partial charge in [0.1, 0.15) is 18.1 Å². The van der Waals surface area contributed by atoms with Crippen molar-refractivity contribution < 1.29 is 13.9 Å². The quantitative estimate of drug-likeness (QED) is 0.436. The van der Waals surface area contributed by atoms with Gasteiger partial charge in [-0.1, -0.05) is 47.7 Å². The van der Waals surface area contributed by atoms with Gasteiger partial charge in [-0.15, -0.1) is 0 Å². The first kappa shape index (κ1) is 21.1. The van der Waals surface area contributed by atoms with Gasteiger partial charge in [0.05, 0.1) is 21.8 Å². The van der Waals surface area contributed by atoms with Crippen LogP contribution in [0.2, 0.25) is 5.02 Å². The summed E-state index contributed by atoms with van der Waals surface area (Å²) in [6.07, 6.45) is 3.18. The molecular weight excluding hydrogens is 436 g/mol. The Morgan fingerprint density at radius 3 is 2.68 bits per heavy atom. The van der Waals surface area contributed by atoms with Crippen molar-refractivity contribution in [2.75, 3.05) is 6.61 Å². The Kier molecular flexibility index (Phi) is 5.80. The Hall–Kier alpha value is -3.16. The standard InChI is InChI=1S/C23H19ClN2O4S/c1-4-11-29-22(28)19-14(3)25-23-26(20(19)15-6-8-16(24)9-7-15)21(27)18(31-23)12-17-10-5-13(2)30-17/h4-10,12,20H,1,11H2,2-3H3/b18-12+. The van der Waals surface area contributed by atoms with Crippen molar-refractivity contribution >= 4 is 35.0 Å². The van der Waals surface area contributed by atoms with E-state index in [1.165, 1.54) is 22.0 Å². The summed E-state index contributed by atoms with van der Waals surface area (Å²) in [5.74, 6) is 0.783. The van der Waals surface area contributed by atoms with Crippen LogP contribution in [0.4, 0.5) is 0 Å². The van der Waals surface area contributed by atoms with Gasteiger partial charge in [0.25, 0.3) is 5.56 Å². The number of carbonyl (C=O) groups is 1. The zero-order valence-corrected chi connectivity index (χ0v) is 18.5. The smallest absolute Gasteiger partial charge is 0.338 e. The van der Waals surface area contributed by atoms with Gasteiger partial charge in [-0.25, -0.2) is 9.79 Å². The number of hydrogen-bond acceptors (Lipinski definition) is 6. The molecule has 1 aromatic carbocycles. The molecule has 0 aliphatic carbocycles. The lowest BCUT2D eigenvalue weighted by Gasteiger charge is -2.24. The van der Waals surface area contributed by atoms with E-state index in [2.05, 4.69) is 11.6 Å². The first-order chi connectivity index (χ1) is 14.9. The molecule has 8 heteroatoms. The maximum absolute atomic E-state index is 13.4. The van der Waals surface area contributed by atoms with Crippen LogP contribution in [-0.4, -0.2) is 17.1 Å². The van der Waals surface area contributed by atoms with Crippen LogP contribution >= 0.6 is 22.9 Å². The fourth-order valence-electron chi connectivity index (χ4n) is 3.42. The van der Waals surface area contributed by atoms with Crippen LogP contribution in [0.5, 0.6) is 0 Å². The molecule has 1 atom stereocenters. The van der Waals surface area contributed by atoms with Gasteiger partial charge in [0.2, 0.25) is 0 Å². The van der Waals surface area contributed by atoms with E-state index in [1.54, 1.807) is 43.3 Å². The van der Waals surface area contributed by atoms with Crippen LogP contribution in [0.25, 0.3) is 6.08 Å². The minimum Gasteiger partial charge on any atom is -0.462 e. The third-order valence-corrected chi connectivity index (χ3v) is 6.03. The summed E-state index contributed by atoms with van der Waals surface area (Å²) < 4.78 is 12.9. The molecule has 1 aliphatic heterocycles. The third kappa shape index (κ3) is 4.06. The number of ether oxygens (including phenoxy) is 1. The SMILES string of the molecule is C=CCOC(=O)C1=C(C)N=c2s/c(=C/c3ccc(C)o3)c(=O)n2C1c1ccc(Cl)cc1. The number of furan rings is 1. The Morgan fingerprint density at radius 2 is 2.03 bits per heavy atom. The summed E-state index contributed by atoms with van der Waals surface area (Å²) in [5.41, 5.74) is 1.26. The van der Waals surface area contributed by atoms with Gasteiger partial charge in [0, 0.05) is 11.1 Å². The van der Waals surface area contributed by atoms with Gasteiger partial charge in [-0.05, 0) is 43.7 Å². The van der Waals surface area contributed by atoms with E-state index >= 15 is 0 Å². The summed E-state index contributed by atoms with van der Waals surface area (Å²) in [6, 6.07) is 9.97. The number of hydrogen-bond donors (Lipinski definition) is 0. The van der Waals surface area contributed by atoms with Crippen molar-refractivity contribution in [3.63, 3.8) is 0 Å². The highest BCUT2D eigenvalue weighted by Crippen LogP contribution is 2.31. The lowest BCUT2D eigenvalue weighted by Crippen LogP contribution is -2.39. The van der Waals surface area contributed by atoms with E-state index in [9.17, 15) is 9.59 Å². The van der Waals surface area contributed by atoms with Crippen molar-refractivity contribution in [3.05, 3.63) is 102 Å². The van der Waals surface area contributed by atoms with Crippen LogP contribution in [0, 0.1) is 6.92 Å². The molecule has 31 heavy (non-hydrogen) atoms. The first-order valence-electron chi connectivity index (χ1n) is 9.51. The summed E-state index contributed by atoms with van der Waals surface area (Å²) in [5, 5.41) is 0.556. The number of rotatable bonds is 5. The second-order valence-corrected chi connectivity index (χ2v) is 8.41. The molecule has 0 fully saturated rings. The number of carbonyl (C=O) groups excluding carboxylic acids is 1. The third-order valence-electron chi connectivity index (χ3n) is 4.79. The van der Waals surface area contributed by atoms with Crippen molar-refractivity contribution in [3.8, 4) is 0 Å². The van der Waals surface area contributed by atoms with Gasteiger partial charge in [-0.3, -0.25) is 9.36 Å². The van der Waals surface area contributed by atoms with Gasteiger partial charge in [0.15, 0.2) is 4.80 Å². The molecule has 4 rings (SSSR count). The number of fused-ring (bicyclic) bond motifs is 1. The molecule has 2 aromatic heterocycles. The van der Waals surface area contributed by atoms with E-state index in [1.807, 2.05) is 13.0 Å². The molecule has 0 radical (unpaired) electrons. The van der Waals surface area contributed by atoms with Crippen LogP contribution in [0.3, 0.4) is 0 Å². The largest absolute Gasteiger partial charge is 0.462 e. The zero-order valence-electron chi connectivity index (χ0n) is 16.9. The van der Waals surface area contributed by atoms with Crippen LogP contribution < -0.4 is 14.9 Å². The highest BCUT2D eigenvalue weighted by molar-refractivity contribution is 7.07. The van der Waals surface area contributed by atoms with Gasteiger partial charge >= 0.3 is 5.97 Å². The first-order valence-corrected chi connectivity index (χ1v) is 10.7. The van der Waals surface area contributed by atoms with Crippen LogP contribution in [0.15, 0.2) is 74.5 Å². The molecular formula is C23H19ClN2O4S. The second kappa shape index (κ2) is 8.53. The predicted molar refractivity (Wildman–Crippen MR) is 120 cm³/mol. The molecule has 0 saturated heterocycles. The van der Waals surface area contributed by atoms with Crippen molar-refractivity contribution in [2.45, 2.75) is 19.9 Å². The number of aromatic nitrogens is 1. The second-order valence-electron chi connectivity index (χ2n) is 6.97. The monoisotopic (exact) mass is 454 g/mol. The maximum Gasteiger partial charge on any atom is 0.338 e. The maximum atomic E-state index is 13.4. The van der Waals surface area contributed by atoms with E-state index in [4.69, 9.17) is 20.8 Å². The molecule has 1 unspecified atom stereocenters. The number of benzene rings is 1. The average Bonchev–Trinajstić information content (AvgIpc) is 3.28. The van der Waals surface area contributed by atoms with Gasteiger partial charge in [-0.2, -0.15) is 0 Å². The molecule has 158 valence electrons.